The third-order valence-electron chi connectivity index (χ3n) is 10.1. The highest BCUT2D eigenvalue weighted by atomic mass is 15.0. The second kappa shape index (κ2) is 13.2. The van der Waals surface area contributed by atoms with Crippen LogP contribution in [-0.2, 0) is 0 Å². The van der Waals surface area contributed by atoms with Gasteiger partial charge in [-0.15, -0.1) is 0 Å². The molecule has 0 N–H and O–H groups in total. The van der Waals surface area contributed by atoms with E-state index < -0.39 is 0 Å². The van der Waals surface area contributed by atoms with E-state index in [-0.39, 0.29) is 0 Å². The van der Waals surface area contributed by atoms with E-state index in [1.165, 1.54) is 48.8 Å². The molecule has 2 aromatic heterocycles. The van der Waals surface area contributed by atoms with Gasteiger partial charge in [0.1, 0.15) is 0 Å². The van der Waals surface area contributed by atoms with E-state index in [9.17, 15) is 0 Å². The van der Waals surface area contributed by atoms with Gasteiger partial charge in [0, 0.05) is 27.8 Å². The van der Waals surface area contributed by atoms with Crippen molar-refractivity contribution in [3.63, 3.8) is 0 Å². The van der Waals surface area contributed by atoms with Crippen molar-refractivity contribution in [3.8, 4) is 39.3 Å². The minimum absolute atomic E-state index is 0.942. The molecule has 0 atom stereocenters. The highest BCUT2D eigenvalue weighted by molar-refractivity contribution is 6.25. The number of hydrogen-bond acceptors (Lipinski definition) is 1. The topological polar surface area (TPSA) is 17.8 Å². The highest BCUT2D eigenvalue weighted by Crippen LogP contribution is 2.42. The van der Waals surface area contributed by atoms with Crippen LogP contribution >= 0.6 is 0 Å². The molecule has 0 amide bonds. The third-order valence-corrected chi connectivity index (χ3v) is 10.1. The van der Waals surface area contributed by atoms with Gasteiger partial charge in [-0.2, -0.15) is 0 Å². The molecular formula is C50H36N2. The SMILES string of the molecule is C=C/C=C\C=C(/C)c1c(-c2ccccc2)c2cc(-c3cccc(-c4ccc5c6ccccc6c6ccccc6c5c4)n3)ccc2n1-c1ccccc1. The van der Waals surface area contributed by atoms with Crippen LogP contribution in [0.25, 0.3) is 88.1 Å². The molecule has 2 nitrogen and oxygen atoms in total. The number of pyridine rings is 1. The molecular weight excluding hydrogens is 629 g/mol. The largest absolute Gasteiger partial charge is 0.309 e. The van der Waals surface area contributed by atoms with E-state index in [0.717, 1.165) is 45.0 Å². The summed E-state index contributed by atoms with van der Waals surface area (Å²) in [6.45, 7) is 6.06. The van der Waals surface area contributed by atoms with E-state index in [1.54, 1.807) is 0 Å². The molecule has 2 heterocycles. The number of hydrogen-bond donors (Lipinski definition) is 0. The molecule has 0 unspecified atom stereocenters. The first kappa shape index (κ1) is 31.2. The highest BCUT2D eigenvalue weighted by Gasteiger charge is 2.22. The molecule has 52 heavy (non-hydrogen) atoms. The van der Waals surface area contributed by atoms with Crippen molar-refractivity contribution in [3.05, 3.63) is 200 Å². The Morgan fingerprint density at radius 2 is 1.04 bits per heavy atom. The number of rotatable bonds is 7. The van der Waals surface area contributed by atoms with Gasteiger partial charge in [0.05, 0.1) is 22.6 Å². The number of fused-ring (bicyclic) bond motifs is 7. The van der Waals surface area contributed by atoms with Crippen LogP contribution in [0.3, 0.4) is 0 Å². The lowest BCUT2D eigenvalue weighted by atomic mass is 9.93. The van der Waals surface area contributed by atoms with Crippen LogP contribution in [0.4, 0.5) is 0 Å². The van der Waals surface area contributed by atoms with Crippen molar-refractivity contribution in [2.75, 3.05) is 0 Å². The zero-order valence-electron chi connectivity index (χ0n) is 29.0. The molecule has 0 radical (unpaired) electrons. The zero-order valence-corrected chi connectivity index (χ0v) is 29.0. The Balaban J connectivity index is 1.24. The Morgan fingerprint density at radius 1 is 0.500 bits per heavy atom. The van der Waals surface area contributed by atoms with Crippen LogP contribution < -0.4 is 0 Å². The van der Waals surface area contributed by atoms with Gasteiger partial charge >= 0.3 is 0 Å². The van der Waals surface area contributed by atoms with Gasteiger partial charge < -0.3 is 4.57 Å². The van der Waals surface area contributed by atoms with E-state index in [2.05, 4.69) is 194 Å². The standard InChI is InChI=1S/C50H36N2/c1-3-4-7-17-34(2)50-49(35-18-8-5-9-19-35)45-33-37(29-31-48(45)52(50)38-20-10-6-11-21-38)47-27-16-26-46(51-47)36-28-30-43-41-24-13-12-22-39(41)40-23-14-15-25-42(40)44(43)32-36/h3-33H,1H2,2H3/b7-4-,34-17+. The van der Waals surface area contributed by atoms with Crippen molar-refractivity contribution < 1.29 is 0 Å². The Labute approximate surface area is 304 Å². The molecule has 2 heteroatoms. The summed E-state index contributed by atoms with van der Waals surface area (Å²) in [5.41, 5.74) is 11.0. The molecule has 7 aromatic carbocycles. The van der Waals surface area contributed by atoms with Crippen LogP contribution in [0.15, 0.2) is 195 Å². The molecule has 0 spiro atoms. The van der Waals surface area contributed by atoms with Crippen molar-refractivity contribution in [2.24, 2.45) is 0 Å². The van der Waals surface area contributed by atoms with Crippen molar-refractivity contribution in [2.45, 2.75) is 6.92 Å². The first-order valence-corrected chi connectivity index (χ1v) is 17.8. The smallest absolute Gasteiger partial charge is 0.0709 e. The molecule has 0 aliphatic carbocycles. The summed E-state index contributed by atoms with van der Waals surface area (Å²) in [4.78, 5) is 5.31. The first-order chi connectivity index (χ1) is 25.7. The van der Waals surface area contributed by atoms with Crippen LogP contribution in [0, 0.1) is 0 Å². The Morgan fingerprint density at radius 3 is 1.67 bits per heavy atom. The second-order valence-electron chi connectivity index (χ2n) is 13.2. The van der Waals surface area contributed by atoms with Gasteiger partial charge in [-0.1, -0.05) is 152 Å². The first-order valence-electron chi connectivity index (χ1n) is 17.8. The molecule has 0 bridgehead atoms. The fourth-order valence-electron chi connectivity index (χ4n) is 7.75. The summed E-state index contributed by atoms with van der Waals surface area (Å²) in [6.07, 6.45) is 8.01. The minimum Gasteiger partial charge on any atom is -0.309 e. The Hall–Kier alpha value is -6.77. The summed E-state index contributed by atoms with van der Waals surface area (Å²) in [6, 6.07) is 58.7. The van der Waals surface area contributed by atoms with Crippen LogP contribution in [0.5, 0.6) is 0 Å². The van der Waals surface area contributed by atoms with E-state index >= 15 is 0 Å². The number of para-hydroxylation sites is 1. The molecule has 0 aliphatic heterocycles. The van der Waals surface area contributed by atoms with Crippen LogP contribution in [0.2, 0.25) is 0 Å². The molecule has 0 aliphatic rings. The van der Waals surface area contributed by atoms with Crippen LogP contribution in [-0.4, -0.2) is 9.55 Å². The molecule has 9 rings (SSSR count). The van der Waals surface area contributed by atoms with E-state index in [1.807, 2.05) is 12.2 Å². The van der Waals surface area contributed by atoms with Gasteiger partial charge in [-0.05, 0) is 92.8 Å². The summed E-state index contributed by atoms with van der Waals surface area (Å²) < 4.78 is 2.39. The van der Waals surface area contributed by atoms with Crippen LogP contribution in [0.1, 0.15) is 12.6 Å². The number of aromatic nitrogens is 2. The Kier molecular flexibility index (Phi) is 7.91. The van der Waals surface area contributed by atoms with Crippen molar-refractivity contribution >= 4 is 48.8 Å². The van der Waals surface area contributed by atoms with Gasteiger partial charge in [0.25, 0.3) is 0 Å². The predicted molar refractivity (Wildman–Crippen MR) is 223 cm³/mol. The maximum absolute atomic E-state index is 5.31. The number of allylic oxidation sites excluding steroid dienone is 5. The molecule has 9 aromatic rings. The predicted octanol–water partition coefficient (Wildman–Crippen LogP) is 13.6. The maximum Gasteiger partial charge on any atom is 0.0709 e. The third kappa shape index (κ3) is 5.33. The lowest BCUT2D eigenvalue weighted by Crippen LogP contribution is -1.99. The average molecular weight is 665 g/mol. The maximum atomic E-state index is 5.31. The molecule has 0 saturated heterocycles. The number of benzene rings is 7. The van der Waals surface area contributed by atoms with Gasteiger partial charge in [0.2, 0.25) is 0 Å². The lowest BCUT2D eigenvalue weighted by molar-refractivity contribution is 1.10. The molecule has 246 valence electrons. The van der Waals surface area contributed by atoms with Gasteiger partial charge in [-0.25, -0.2) is 4.98 Å². The molecule has 0 fully saturated rings. The van der Waals surface area contributed by atoms with Crippen molar-refractivity contribution in [1.29, 1.82) is 0 Å². The summed E-state index contributed by atoms with van der Waals surface area (Å²) in [5, 5.41) is 8.78. The number of nitrogens with zero attached hydrogens (tertiary/aromatic N) is 2. The fourth-order valence-corrected chi connectivity index (χ4v) is 7.75. The second-order valence-corrected chi connectivity index (χ2v) is 13.2. The zero-order chi connectivity index (χ0) is 35.0. The van der Waals surface area contributed by atoms with Gasteiger partial charge in [0.15, 0.2) is 0 Å². The lowest BCUT2D eigenvalue weighted by Gasteiger charge is -2.13. The van der Waals surface area contributed by atoms with Crippen molar-refractivity contribution in [1.82, 2.24) is 9.55 Å². The normalized spacial score (nSPS) is 12.1. The van der Waals surface area contributed by atoms with E-state index in [0.29, 0.717) is 0 Å². The van der Waals surface area contributed by atoms with E-state index in [4.69, 9.17) is 4.98 Å². The quantitative estimate of drug-likeness (QED) is 0.122. The Bertz CT molecular complexity index is 2820. The fraction of sp³-hybridized carbons (Fsp3) is 0.0200. The summed E-state index contributed by atoms with van der Waals surface area (Å²) in [5.74, 6) is 0. The molecule has 0 saturated carbocycles. The monoisotopic (exact) mass is 664 g/mol. The summed E-state index contributed by atoms with van der Waals surface area (Å²) in [7, 11) is 0. The summed E-state index contributed by atoms with van der Waals surface area (Å²) >= 11 is 0. The van der Waals surface area contributed by atoms with Gasteiger partial charge in [-0.3, -0.25) is 0 Å². The average Bonchev–Trinajstić information content (AvgIpc) is 3.56. The minimum atomic E-state index is 0.942.